The molecule has 0 heterocycles. The molecule has 0 fully saturated rings. The van der Waals surface area contributed by atoms with Gasteiger partial charge >= 0.3 is 0 Å². The molecule has 0 atom stereocenters. The minimum atomic E-state index is -0.226. The van der Waals surface area contributed by atoms with Gasteiger partial charge in [-0.1, -0.05) is 17.7 Å². The van der Waals surface area contributed by atoms with Crippen LogP contribution < -0.4 is 5.32 Å². The van der Waals surface area contributed by atoms with Crippen molar-refractivity contribution in [2.45, 2.75) is 6.54 Å². The lowest BCUT2D eigenvalue weighted by atomic mass is 10.2. The van der Waals surface area contributed by atoms with E-state index in [2.05, 4.69) is 0 Å². The van der Waals surface area contributed by atoms with Gasteiger partial charge in [0.15, 0.2) is 0 Å². The largest absolute Gasteiger partial charge is 0.345 e. The first-order valence-electron chi connectivity index (χ1n) is 3.46. The molecule has 0 aliphatic rings. The molecule has 0 unspecified atom stereocenters. The Labute approximate surface area is 70.2 Å². The van der Waals surface area contributed by atoms with Gasteiger partial charge in [-0.15, -0.1) is 0 Å². The van der Waals surface area contributed by atoms with E-state index in [0.717, 1.165) is 0 Å². The molecule has 0 aromatic heterocycles. The average Bonchev–Trinajstić information content (AvgIpc) is 1.97. The number of benzene rings is 1. The Kier molecular flexibility index (Phi) is 2.85. The maximum absolute atomic E-state index is 12.9. The Bertz CT molecular complexity index is 230. The van der Waals surface area contributed by atoms with E-state index in [9.17, 15) is 4.39 Å². The maximum Gasteiger partial charge on any atom is 0.133 e. The number of halogens is 2. The van der Waals surface area contributed by atoms with Gasteiger partial charge in [0.1, 0.15) is 12.4 Å². The molecule has 0 aliphatic carbocycles. The quantitative estimate of drug-likeness (QED) is 0.694. The van der Waals surface area contributed by atoms with Crippen LogP contribution in [0.1, 0.15) is 5.56 Å². The molecule has 2 N–H and O–H groups in total. The van der Waals surface area contributed by atoms with Crippen LogP contribution in [-0.4, -0.2) is 7.05 Å². The molecular weight excluding hydrogens is 165 g/mol. The topological polar surface area (TPSA) is 16.6 Å². The lowest BCUT2D eigenvalue weighted by Crippen LogP contribution is -2.77. The predicted molar refractivity (Wildman–Crippen MR) is 43.0 cm³/mol. The summed E-state index contributed by atoms with van der Waals surface area (Å²) in [4.78, 5) is 0. The van der Waals surface area contributed by atoms with Gasteiger partial charge < -0.3 is 5.32 Å². The van der Waals surface area contributed by atoms with Crippen molar-refractivity contribution in [1.82, 2.24) is 0 Å². The van der Waals surface area contributed by atoms with Crippen LogP contribution >= 0.6 is 11.6 Å². The van der Waals surface area contributed by atoms with Crippen molar-refractivity contribution < 1.29 is 9.71 Å². The fourth-order valence-corrected chi connectivity index (χ4v) is 1.17. The zero-order chi connectivity index (χ0) is 8.27. The molecule has 0 spiro atoms. The van der Waals surface area contributed by atoms with Gasteiger partial charge in [-0.3, -0.25) is 0 Å². The van der Waals surface area contributed by atoms with Crippen molar-refractivity contribution in [2.24, 2.45) is 0 Å². The lowest BCUT2D eigenvalue weighted by Gasteiger charge is -2.01. The van der Waals surface area contributed by atoms with E-state index >= 15 is 0 Å². The summed E-state index contributed by atoms with van der Waals surface area (Å²) in [5.74, 6) is -0.226. The number of hydrogen-bond acceptors (Lipinski definition) is 0. The van der Waals surface area contributed by atoms with E-state index in [1.54, 1.807) is 12.1 Å². The zero-order valence-electron chi connectivity index (χ0n) is 6.27. The Balaban J connectivity index is 3.00. The Morgan fingerprint density at radius 2 is 2.27 bits per heavy atom. The summed E-state index contributed by atoms with van der Waals surface area (Å²) in [6.07, 6.45) is 0. The molecule has 60 valence electrons. The summed E-state index contributed by atoms with van der Waals surface area (Å²) in [6, 6.07) is 4.73. The fourth-order valence-electron chi connectivity index (χ4n) is 0.931. The predicted octanol–water partition coefficient (Wildman–Crippen LogP) is 1.17. The van der Waals surface area contributed by atoms with Crippen molar-refractivity contribution in [2.75, 3.05) is 7.05 Å². The number of hydrogen-bond donors (Lipinski definition) is 1. The Morgan fingerprint density at radius 3 is 2.82 bits per heavy atom. The van der Waals surface area contributed by atoms with Gasteiger partial charge in [-0.05, 0) is 12.1 Å². The summed E-state index contributed by atoms with van der Waals surface area (Å²) < 4.78 is 12.9. The molecule has 11 heavy (non-hydrogen) atoms. The van der Waals surface area contributed by atoms with Gasteiger partial charge in [-0.2, -0.15) is 0 Å². The molecule has 0 saturated heterocycles. The molecular formula is C8H10ClFN+. The van der Waals surface area contributed by atoms with Crippen LogP contribution in [0, 0.1) is 5.82 Å². The summed E-state index contributed by atoms with van der Waals surface area (Å²) in [5, 5.41) is 2.38. The lowest BCUT2D eigenvalue weighted by molar-refractivity contribution is -0.643. The minimum absolute atomic E-state index is 0.226. The Hall–Kier alpha value is -0.600. The van der Waals surface area contributed by atoms with Crippen LogP contribution in [0.3, 0.4) is 0 Å². The maximum atomic E-state index is 12.9. The number of nitrogens with two attached hydrogens (primary N) is 1. The third-order valence-electron chi connectivity index (χ3n) is 1.47. The van der Waals surface area contributed by atoms with E-state index in [-0.39, 0.29) is 5.82 Å². The molecule has 0 amide bonds. The van der Waals surface area contributed by atoms with Gasteiger partial charge in [0.05, 0.1) is 17.6 Å². The molecule has 1 aromatic carbocycles. The normalized spacial score (nSPS) is 10.1. The van der Waals surface area contributed by atoms with Crippen molar-refractivity contribution in [3.63, 3.8) is 0 Å². The average molecular weight is 175 g/mol. The Morgan fingerprint density at radius 1 is 1.55 bits per heavy atom. The highest BCUT2D eigenvalue weighted by molar-refractivity contribution is 6.31. The van der Waals surface area contributed by atoms with Crippen molar-refractivity contribution in [3.05, 3.63) is 34.6 Å². The van der Waals surface area contributed by atoms with Gasteiger partial charge in [0.25, 0.3) is 0 Å². The van der Waals surface area contributed by atoms with Crippen molar-refractivity contribution in [1.29, 1.82) is 0 Å². The standard InChI is InChI=1S/C8H9ClFN/c1-11-5-6-7(9)3-2-4-8(6)10/h2-4,11H,5H2,1H3/p+1. The summed E-state index contributed by atoms with van der Waals surface area (Å²) in [7, 11) is 1.88. The minimum Gasteiger partial charge on any atom is -0.345 e. The van der Waals surface area contributed by atoms with Crippen LogP contribution in [-0.2, 0) is 6.54 Å². The van der Waals surface area contributed by atoms with Gasteiger partial charge in [0.2, 0.25) is 0 Å². The molecule has 3 heteroatoms. The van der Waals surface area contributed by atoms with Crippen LogP contribution in [0.2, 0.25) is 5.02 Å². The zero-order valence-corrected chi connectivity index (χ0v) is 7.03. The van der Waals surface area contributed by atoms with Crippen LogP contribution in [0.15, 0.2) is 18.2 Å². The second-order valence-electron chi connectivity index (χ2n) is 2.31. The van der Waals surface area contributed by atoms with Gasteiger partial charge in [-0.25, -0.2) is 4.39 Å². The second-order valence-corrected chi connectivity index (χ2v) is 2.72. The summed E-state index contributed by atoms with van der Waals surface area (Å²) in [5.41, 5.74) is 0.580. The van der Waals surface area contributed by atoms with Crippen LogP contribution in [0.25, 0.3) is 0 Å². The van der Waals surface area contributed by atoms with Crippen LogP contribution in [0.4, 0.5) is 4.39 Å². The molecule has 0 bridgehead atoms. The number of quaternary nitrogens is 1. The molecule has 0 saturated carbocycles. The summed E-state index contributed by atoms with van der Waals surface area (Å²) >= 11 is 5.75. The van der Waals surface area contributed by atoms with Crippen LogP contribution in [0.5, 0.6) is 0 Å². The molecule has 1 aromatic rings. The molecule has 0 aliphatic heterocycles. The van der Waals surface area contributed by atoms with Crippen molar-refractivity contribution in [3.8, 4) is 0 Å². The van der Waals surface area contributed by atoms with E-state index < -0.39 is 0 Å². The highest BCUT2D eigenvalue weighted by Gasteiger charge is 2.06. The second kappa shape index (κ2) is 3.69. The monoisotopic (exact) mass is 174 g/mol. The molecule has 1 nitrogen and oxygen atoms in total. The first-order chi connectivity index (χ1) is 5.25. The molecule has 1 rings (SSSR count). The van der Waals surface area contributed by atoms with E-state index in [0.29, 0.717) is 17.1 Å². The first kappa shape index (κ1) is 8.50. The highest BCUT2D eigenvalue weighted by Crippen LogP contribution is 2.17. The fraction of sp³-hybridized carbons (Fsp3) is 0.250. The SMILES string of the molecule is C[NH2+]Cc1c(F)cccc1Cl. The third-order valence-corrected chi connectivity index (χ3v) is 1.82. The highest BCUT2D eigenvalue weighted by atomic mass is 35.5. The van der Waals surface area contributed by atoms with E-state index in [1.165, 1.54) is 6.07 Å². The first-order valence-corrected chi connectivity index (χ1v) is 3.84. The molecule has 0 radical (unpaired) electrons. The third kappa shape index (κ3) is 1.91. The van der Waals surface area contributed by atoms with E-state index in [4.69, 9.17) is 11.6 Å². The van der Waals surface area contributed by atoms with E-state index in [1.807, 2.05) is 12.4 Å². The van der Waals surface area contributed by atoms with Gasteiger partial charge in [0, 0.05) is 0 Å². The smallest absolute Gasteiger partial charge is 0.133 e. The summed E-state index contributed by atoms with van der Waals surface area (Å²) in [6.45, 7) is 0.589. The number of rotatable bonds is 2. The van der Waals surface area contributed by atoms with Crippen molar-refractivity contribution >= 4 is 11.6 Å².